The lowest BCUT2D eigenvalue weighted by molar-refractivity contribution is -0.142. The number of nitrogens with zero attached hydrogens (tertiary/aromatic N) is 1. The lowest BCUT2D eigenvalue weighted by Crippen LogP contribution is -2.42. The highest BCUT2D eigenvalue weighted by Gasteiger charge is 2.14. The minimum Gasteiger partial charge on any atom is -0.468 e. The quantitative estimate of drug-likeness (QED) is 0.484. The van der Waals surface area contributed by atoms with Gasteiger partial charge in [-0.1, -0.05) is 33.1 Å². The van der Waals surface area contributed by atoms with E-state index in [2.05, 4.69) is 17.0 Å². The zero-order valence-corrected chi connectivity index (χ0v) is 12.7. The van der Waals surface area contributed by atoms with Crippen LogP contribution in [0.2, 0.25) is 0 Å². The summed E-state index contributed by atoms with van der Waals surface area (Å²) in [6.45, 7) is 7.14. The molecule has 0 aliphatic heterocycles. The molecule has 1 N–H and O–H groups in total. The summed E-state index contributed by atoms with van der Waals surface area (Å²) in [6, 6.07) is 0.191. The number of ether oxygens (including phenoxy) is 1. The normalized spacial score (nSPS) is 12.3. The van der Waals surface area contributed by atoms with Crippen LogP contribution in [0.25, 0.3) is 0 Å². The molecule has 1 amide bonds. The van der Waals surface area contributed by atoms with E-state index < -0.39 is 0 Å². The Labute approximate surface area is 116 Å². The van der Waals surface area contributed by atoms with Crippen LogP contribution in [0.15, 0.2) is 0 Å². The molecule has 0 saturated heterocycles. The van der Waals surface area contributed by atoms with Crippen LogP contribution >= 0.6 is 0 Å². The molecule has 112 valence electrons. The maximum atomic E-state index is 11.8. The number of amides is 1. The van der Waals surface area contributed by atoms with E-state index in [1.165, 1.54) is 20.0 Å². The third kappa shape index (κ3) is 9.47. The number of carbonyl (C=O) groups excluding carboxylic acids is 2. The van der Waals surface area contributed by atoms with E-state index in [-0.39, 0.29) is 31.0 Å². The molecule has 0 aromatic heterocycles. The molecular weight excluding hydrogens is 244 g/mol. The van der Waals surface area contributed by atoms with Gasteiger partial charge in [-0.15, -0.1) is 0 Å². The molecular formula is C14H28N2O3. The topological polar surface area (TPSA) is 58.6 Å². The van der Waals surface area contributed by atoms with Crippen LogP contribution in [0.3, 0.4) is 0 Å². The highest BCUT2D eigenvalue weighted by Crippen LogP contribution is 2.02. The van der Waals surface area contributed by atoms with Crippen molar-refractivity contribution in [2.75, 3.05) is 26.7 Å². The molecule has 5 nitrogen and oxygen atoms in total. The van der Waals surface area contributed by atoms with Gasteiger partial charge >= 0.3 is 5.97 Å². The SMILES string of the molecule is CCCCCC(C)NC(=O)CN(CC)CC(=O)OC. The molecule has 5 heteroatoms. The monoisotopic (exact) mass is 272 g/mol. The van der Waals surface area contributed by atoms with Gasteiger partial charge in [0.2, 0.25) is 5.91 Å². The minimum atomic E-state index is -0.314. The number of esters is 1. The fourth-order valence-electron chi connectivity index (χ4n) is 1.82. The van der Waals surface area contributed by atoms with Crippen molar-refractivity contribution in [3.05, 3.63) is 0 Å². The van der Waals surface area contributed by atoms with Crippen molar-refractivity contribution < 1.29 is 14.3 Å². The highest BCUT2D eigenvalue weighted by molar-refractivity contribution is 5.79. The Hall–Kier alpha value is -1.10. The smallest absolute Gasteiger partial charge is 0.319 e. The Kier molecular flexibility index (Phi) is 10.2. The maximum absolute atomic E-state index is 11.8. The molecule has 0 aliphatic rings. The average molecular weight is 272 g/mol. The van der Waals surface area contributed by atoms with Crippen molar-refractivity contribution in [2.45, 2.75) is 52.5 Å². The summed E-state index contributed by atoms with van der Waals surface area (Å²) in [6.07, 6.45) is 4.52. The number of unbranched alkanes of at least 4 members (excludes halogenated alkanes) is 2. The number of hydrogen-bond acceptors (Lipinski definition) is 4. The van der Waals surface area contributed by atoms with Gasteiger partial charge in [-0.3, -0.25) is 14.5 Å². The van der Waals surface area contributed by atoms with Crippen molar-refractivity contribution in [3.63, 3.8) is 0 Å². The number of rotatable bonds is 10. The van der Waals surface area contributed by atoms with Gasteiger partial charge in [0.05, 0.1) is 20.2 Å². The predicted octanol–water partition coefficient (Wildman–Crippen LogP) is 1.57. The van der Waals surface area contributed by atoms with Crippen molar-refractivity contribution >= 4 is 11.9 Å². The molecule has 0 aromatic carbocycles. The van der Waals surface area contributed by atoms with Crippen LogP contribution in [-0.4, -0.2) is 49.6 Å². The summed E-state index contributed by atoms with van der Waals surface area (Å²) < 4.78 is 4.60. The largest absolute Gasteiger partial charge is 0.468 e. The second kappa shape index (κ2) is 10.8. The molecule has 0 spiro atoms. The standard InChI is InChI=1S/C14H28N2O3/c1-5-7-8-9-12(3)15-13(17)10-16(6-2)11-14(18)19-4/h12H,5-11H2,1-4H3,(H,15,17). The Morgan fingerprint density at radius 2 is 1.89 bits per heavy atom. The summed E-state index contributed by atoms with van der Waals surface area (Å²) in [5, 5.41) is 2.96. The van der Waals surface area contributed by atoms with Crippen LogP contribution in [-0.2, 0) is 14.3 Å². The molecule has 1 atom stereocenters. The lowest BCUT2D eigenvalue weighted by atomic mass is 10.1. The maximum Gasteiger partial charge on any atom is 0.319 e. The second-order valence-corrected chi connectivity index (χ2v) is 4.84. The number of carbonyl (C=O) groups is 2. The molecule has 0 fully saturated rings. The summed E-state index contributed by atoms with van der Waals surface area (Å²) in [5.41, 5.74) is 0. The molecule has 0 aliphatic carbocycles. The van der Waals surface area contributed by atoms with E-state index in [9.17, 15) is 9.59 Å². The van der Waals surface area contributed by atoms with Crippen molar-refractivity contribution in [3.8, 4) is 0 Å². The fourth-order valence-corrected chi connectivity index (χ4v) is 1.82. The first-order valence-electron chi connectivity index (χ1n) is 7.11. The molecule has 0 bridgehead atoms. The van der Waals surface area contributed by atoms with Crippen molar-refractivity contribution in [1.82, 2.24) is 10.2 Å². The third-order valence-corrected chi connectivity index (χ3v) is 3.04. The van der Waals surface area contributed by atoms with Gasteiger partial charge in [0.15, 0.2) is 0 Å². The second-order valence-electron chi connectivity index (χ2n) is 4.84. The molecule has 0 heterocycles. The Balaban J connectivity index is 3.95. The van der Waals surface area contributed by atoms with Crippen LogP contribution in [0.5, 0.6) is 0 Å². The number of methoxy groups -OCH3 is 1. The highest BCUT2D eigenvalue weighted by atomic mass is 16.5. The van der Waals surface area contributed by atoms with Gasteiger partial charge in [0.25, 0.3) is 0 Å². The van der Waals surface area contributed by atoms with Gasteiger partial charge in [0.1, 0.15) is 0 Å². The van der Waals surface area contributed by atoms with E-state index in [4.69, 9.17) is 0 Å². The minimum absolute atomic E-state index is 0.0326. The first kappa shape index (κ1) is 17.9. The Bertz CT molecular complexity index is 269. The van der Waals surface area contributed by atoms with Crippen LogP contribution in [0.1, 0.15) is 46.5 Å². The summed E-state index contributed by atoms with van der Waals surface area (Å²) in [5.74, 6) is -0.347. The Morgan fingerprint density at radius 3 is 2.42 bits per heavy atom. The molecule has 0 radical (unpaired) electrons. The van der Waals surface area contributed by atoms with E-state index in [1.807, 2.05) is 13.8 Å². The predicted molar refractivity (Wildman–Crippen MR) is 75.9 cm³/mol. The summed E-state index contributed by atoms with van der Waals surface area (Å²) in [4.78, 5) is 24.7. The number of likely N-dealkylation sites (N-methyl/N-ethyl adjacent to an activating group) is 1. The Morgan fingerprint density at radius 1 is 1.21 bits per heavy atom. The van der Waals surface area contributed by atoms with Crippen molar-refractivity contribution in [2.24, 2.45) is 0 Å². The van der Waals surface area contributed by atoms with Gasteiger partial charge in [0, 0.05) is 6.04 Å². The zero-order valence-electron chi connectivity index (χ0n) is 12.7. The molecule has 0 rings (SSSR count). The lowest BCUT2D eigenvalue weighted by Gasteiger charge is -2.20. The van der Waals surface area contributed by atoms with Crippen LogP contribution in [0, 0.1) is 0 Å². The average Bonchev–Trinajstić information content (AvgIpc) is 2.37. The first-order chi connectivity index (χ1) is 9.03. The molecule has 1 unspecified atom stereocenters. The molecule has 0 aromatic rings. The number of nitrogens with one attached hydrogen (secondary N) is 1. The van der Waals surface area contributed by atoms with Crippen molar-refractivity contribution in [1.29, 1.82) is 0 Å². The molecule has 0 saturated carbocycles. The van der Waals surface area contributed by atoms with Gasteiger partial charge < -0.3 is 10.1 Å². The summed E-state index contributed by atoms with van der Waals surface area (Å²) in [7, 11) is 1.35. The summed E-state index contributed by atoms with van der Waals surface area (Å²) >= 11 is 0. The first-order valence-corrected chi connectivity index (χ1v) is 7.11. The molecule has 19 heavy (non-hydrogen) atoms. The van der Waals surface area contributed by atoms with Crippen LogP contribution < -0.4 is 5.32 Å². The van der Waals surface area contributed by atoms with Gasteiger partial charge in [-0.05, 0) is 19.9 Å². The third-order valence-electron chi connectivity index (χ3n) is 3.04. The van der Waals surface area contributed by atoms with Gasteiger partial charge in [-0.2, -0.15) is 0 Å². The van der Waals surface area contributed by atoms with Crippen LogP contribution in [0.4, 0.5) is 0 Å². The number of hydrogen-bond donors (Lipinski definition) is 1. The van der Waals surface area contributed by atoms with E-state index in [0.717, 1.165) is 12.8 Å². The zero-order chi connectivity index (χ0) is 14.7. The van der Waals surface area contributed by atoms with E-state index in [1.54, 1.807) is 4.90 Å². The fraction of sp³-hybridized carbons (Fsp3) is 0.857. The van der Waals surface area contributed by atoms with Gasteiger partial charge in [-0.25, -0.2) is 0 Å². The van der Waals surface area contributed by atoms with E-state index in [0.29, 0.717) is 6.54 Å². The van der Waals surface area contributed by atoms with E-state index >= 15 is 0 Å².